The number of benzene rings is 3. The van der Waals surface area contributed by atoms with Crippen LogP contribution in [0.25, 0.3) is 5.69 Å². The Bertz CT molecular complexity index is 1920. The normalized spacial score (nSPS) is 19.4. The van der Waals surface area contributed by atoms with Crippen LogP contribution in [0.2, 0.25) is 0 Å². The van der Waals surface area contributed by atoms with Crippen LogP contribution in [0.1, 0.15) is 12.0 Å². The zero-order valence-electron chi connectivity index (χ0n) is 28.2. The molecule has 262 valence electrons. The summed E-state index contributed by atoms with van der Waals surface area (Å²) < 4.78 is 45.8. The molecule has 2 aliphatic heterocycles. The van der Waals surface area contributed by atoms with Crippen LogP contribution in [0.3, 0.4) is 0 Å². The Kier molecular flexibility index (Phi) is 9.63. The third kappa shape index (κ3) is 7.26. The molecule has 5 aromatic rings. The number of anilines is 2. The van der Waals surface area contributed by atoms with E-state index in [0.717, 1.165) is 61.6 Å². The third-order valence-corrected chi connectivity index (χ3v) is 9.47. The number of likely N-dealkylation sites (N-methyl/N-ethyl adjacent to an activating group) is 1. The van der Waals surface area contributed by atoms with Crippen molar-refractivity contribution in [2.24, 2.45) is 5.92 Å². The lowest BCUT2D eigenvalue weighted by Crippen LogP contribution is -2.46. The Morgan fingerprint density at radius 2 is 1.58 bits per heavy atom. The quantitative estimate of drug-likeness (QED) is 0.194. The molecule has 2 atom stereocenters. The monoisotopic (exact) mass is 685 g/mol. The van der Waals surface area contributed by atoms with Crippen molar-refractivity contribution >= 4 is 11.4 Å². The van der Waals surface area contributed by atoms with Gasteiger partial charge in [-0.1, -0.05) is 6.07 Å². The topological polar surface area (TPSA) is 98.7 Å². The number of aromatic nitrogens is 6. The summed E-state index contributed by atoms with van der Waals surface area (Å²) in [7, 11) is 3.94. The van der Waals surface area contributed by atoms with Gasteiger partial charge >= 0.3 is 5.69 Å². The maximum Gasteiger partial charge on any atom is 0.350 e. The fourth-order valence-electron chi connectivity index (χ4n) is 6.76. The minimum absolute atomic E-state index is 0.00320. The minimum atomic E-state index is -1.01. The SMILES string of the molecule is CN(C)CCn1ncn(-c2ccc(N3CCN(c4ccc(OCC5COC(Cn6cncn6)(c6ccc(F)cc6F)C5)cc4)CC3)cc2)c1=O. The number of piperazine rings is 1. The van der Waals surface area contributed by atoms with Gasteiger partial charge in [0.15, 0.2) is 0 Å². The van der Waals surface area contributed by atoms with E-state index in [1.807, 2.05) is 43.3 Å². The summed E-state index contributed by atoms with van der Waals surface area (Å²) in [4.78, 5) is 23.5. The molecule has 4 heterocycles. The maximum absolute atomic E-state index is 15.0. The molecule has 2 aliphatic rings. The number of halogens is 2. The van der Waals surface area contributed by atoms with Crippen molar-refractivity contribution < 1.29 is 18.3 Å². The first-order chi connectivity index (χ1) is 24.3. The van der Waals surface area contributed by atoms with Crippen molar-refractivity contribution in [1.29, 1.82) is 0 Å². The Morgan fingerprint density at radius 3 is 2.22 bits per heavy atom. The molecule has 0 N–H and O–H groups in total. The summed E-state index contributed by atoms with van der Waals surface area (Å²) >= 11 is 0. The van der Waals surface area contributed by atoms with E-state index in [2.05, 4.69) is 49.2 Å². The van der Waals surface area contributed by atoms with Gasteiger partial charge < -0.3 is 24.2 Å². The number of hydrogen-bond donors (Lipinski definition) is 0. The van der Waals surface area contributed by atoms with E-state index < -0.39 is 17.2 Å². The van der Waals surface area contributed by atoms with E-state index >= 15 is 0 Å². The lowest BCUT2D eigenvalue weighted by molar-refractivity contribution is -0.0206. The van der Waals surface area contributed by atoms with Crippen LogP contribution < -0.4 is 20.2 Å². The smallest absolute Gasteiger partial charge is 0.350 e. The molecule has 2 fully saturated rings. The van der Waals surface area contributed by atoms with Gasteiger partial charge in [-0.2, -0.15) is 10.2 Å². The van der Waals surface area contributed by atoms with E-state index in [4.69, 9.17) is 9.47 Å². The van der Waals surface area contributed by atoms with E-state index in [9.17, 15) is 13.6 Å². The van der Waals surface area contributed by atoms with E-state index in [0.29, 0.717) is 31.7 Å². The van der Waals surface area contributed by atoms with E-state index in [1.54, 1.807) is 21.9 Å². The molecule has 2 saturated heterocycles. The first kappa shape index (κ1) is 33.4. The van der Waals surface area contributed by atoms with Gasteiger partial charge in [-0.05, 0) is 75.1 Å². The number of hydrogen-bond acceptors (Lipinski definition) is 9. The summed E-state index contributed by atoms with van der Waals surface area (Å²) in [6, 6.07) is 19.7. The lowest BCUT2D eigenvalue weighted by atomic mass is 9.87. The molecule has 50 heavy (non-hydrogen) atoms. The summed E-state index contributed by atoms with van der Waals surface area (Å²) in [6.45, 7) is 5.78. The van der Waals surface area contributed by atoms with E-state index in [-0.39, 0.29) is 18.2 Å². The van der Waals surface area contributed by atoms with Crippen molar-refractivity contribution in [3.8, 4) is 11.4 Å². The Morgan fingerprint density at radius 1 is 0.900 bits per heavy atom. The van der Waals surface area contributed by atoms with Crippen molar-refractivity contribution in [3.63, 3.8) is 0 Å². The average molecular weight is 686 g/mol. The van der Waals surface area contributed by atoms with Crippen LogP contribution >= 0.6 is 0 Å². The van der Waals surface area contributed by atoms with Crippen molar-refractivity contribution in [1.82, 2.24) is 34.0 Å². The van der Waals surface area contributed by atoms with Gasteiger partial charge in [0, 0.05) is 61.6 Å². The Balaban J connectivity index is 0.915. The fourth-order valence-corrected chi connectivity index (χ4v) is 6.76. The first-order valence-electron chi connectivity index (χ1n) is 16.8. The summed E-state index contributed by atoms with van der Waals surface area (Å²) in [6.07, 6.45) is 5.05. The fraction of sp³-hybridized carbons (Fsp3) is 0.389. The predicted molar refractivity (Wildman–Crippen MR) is 185 cm³/mol. The van der Waals surface area contributed by atoms with Crippen molar-refractivity contribution in [2.75, 3.05) is 69.8 Å². The molecule has 0 aliphatic carbocycles. The molecule has 0 radical (unpaired) electrons. The van der Waals surface area contributed by atoms with Crippen molar-refractivity contribution in [3.05, 3.63) is 113 Å². The predicted octanol–water partition coefficient (Wildman–Crippen LogP) is 3.80. The van der Waals surface area contributed by atoms with Crippen LogP contribution in [-0.4, -0.2) is 94.0 Å². The van der Waals surface area contributed by atoms with Crippen LogP contribution in [0.5, 0.6) is 5.75 Å². The lowest BCUT2D eigenvalue weighted by Gasteiger charge is -2.37. The molecule has 14 heteroatoms. The first-order valence-corrected chi connectivity index (χ1v) is 16.8. The van der Waals surface area contributed by atoms with Crippen LogP contribution in [0, 0.1) is 17.6 Å². The maximum atomic E-state index is 15.0. The van der Waals surface area contributed by atoms with Gasteiger partial charge in [-0.15, -0.1) is 0 Å². The molecule has 7 rings (SSSR count). The van der Waals surface area contributed by atoms with Gasteiger partial charge in [0.2, 0.25) is 0 Å². The largest absolute Gasteiger partial charge is 0.493 e. The molecular weight excluding hydrogens is 644 g/mol. The highest BCUT2D eigenvalue weighted by molar-refractivity contribution is 5.54. The Hall–Kier alpha value is -5.08. The highest BCUT2D eigenvalue weighted by Crippen LogP contribution is 2.42. The average Bonchev–Trinajstić information content (AvgIpc) is 3.88. The third-order valence-electron chi connectivity index (χ3n) is 9.47. The minimum Gasteiger partial charge on any atom is -0.493 e. The molecular formula is C36H41F2N9O3. The zero-order valence-corrected chi connectivity index (χ0v) is 28.2. The van der Waals surface area contributed by atoms with Crippen LogP contribution in [0.4, 0.5) is 20.2 Å². The van der Waals surface area contributed by atoms with Gasteiger partial charge in [-0.25, -0.2) is 32.5 Å². The number of rotatable bonds is 12. The van der Waals surface area contributed by atoms with Gasteiger partial charge in [0.05, 0.1) is 32.0 Å². The summed E-state index contributed by atoms with van der Waals surface area (Å²) in [5, 5.41) is 8.45. The highest BCUT2D eigenvalue weighted by atomic mass is 19.1. The molecule has 0 amide bonds. The van der Waals surface area contributed by atoms with E-state index in [1.165, 1.54) is 23.1 Å². The molecule has 0 saturated carbocycles. The second-order valence-corrected chi connectivity index (χ2v) is 13.2. The second kappa shape index (κ2) is 14.4. The van der Waals surface area contributed by atoms with Gasteiger partial charge in [0.1, 0.15) is 42.0 Å². The molecule has 2 unspecified atom stereocenters. The zero-order chi connectivity index (χ0) is 34.7. The number of ether oxygens (including phenoxy) is 2. The second-order valence-electron chi connectivity index (χ2n) is 13.2. The Labute approximate surface area is 289 Å². The standard InChI is InChI=1S/C36H41F2N9O3/c1-42(2)13-18-47-35(48)46(26-41-47)31-6-4-29(5-7-31)43-14-16-44(17-15-43)30-8-10-32(11-9-30)49-21-27-20-36(50-22-27,23-45-25-39-24-40-45)33-12-3-28(37)19-34(33)38/h3-12,19,24-27H,13-18,20-23H2,1-2H3. The van der Waals surface area contributed by atoms with Crippen LogP contribution in [-0.2, 0) is 23.4 Å². The summed E-state index contributed by atoms with van der Waals surface area (Å²) in [5.74, 6) is -0.533. The summed E-state index contributed by atoms with van der Waals surface area (Å²) in [5.41, 5.74) is 2.19. The number of nitrogens with zero attached hydrogens (tertiary/aromatic N) is 9. The molecule has 12 nitrogen and oxygen atoms in total. The van der Waals surface area contributed by atoms with Gasteiger partial charge in [-0.3, -0.25) is 0 Å². The molecule has 3 aromatic carbocycles. The van der Waals surface area contributed by atoms with Gasteiger partial charge in [0.25, 0.3) is 0 Å². The molecule has 2 aromatic heterocycles. The van der Waals surface area contributed by atoms with Crippen LogP contribution in [0.15, 0.2) is 90.5 Å². The van der Waals surface area contributed by atoms with Crippen molar-refractivity contribution in [2.45, 2.75) is 25.1 Å². The highest BCUT2D eigenvalue weighted by Gasteiger charge is 2.44. The molecule has 0 bridgehead atoms. The molecule has 0 spiro atoms.